The van der Waals surface area contributed by atoms with Crippen molar-refractivity contribution in [2.24, 2.45) is 5.73 Å². The highest BCUT2D eigenvalue weighted by molar-refractivity contribution is 6.22. The Morgan fingerprint density at radius 1 is 1.50 bits per heavy atom. The van der Waals surface area contributed by atoms with Crippen LogP contribution >= 0.6 is 0 Å². The quantitative estimate of drug-likeness (QED) is 0.694. The lowest BCUT2D eigenvalue weighted by atomic mass is 10.0. The Morgan fingerprint density at radius 2 is 2.29 bits per heavy atom. The maximum absolute atomic E-state index is 11.0. The average molecular weight is 184 g/mol. The van der Waals surface area contributed by atoms with Gasteiger partial charge in [-0.1, -0.05) is 6.07 Å². The summed E-state index contributed by atoms with van der Waals surface area (Å²) in [5.41, 5.74) is 7.05. The molecule has 1 radical (unpaired) electrons. The molecule has 2 N–H and O–H groups in total. The summed E-state index contributed by atoms with van der Waals surface area (Å²) in [6.07, 6.45) is 1.40. The van der Waals surface area contributed by atoms with E-state index in [1.165, 1.54) is 6.20 Å². The number of amides is 1. The Labute approximate surface area is 80.6 Å². The summed E-state index contributed by atoms with van der Waals surface area (Å²) in [5.74, 6) is -0.560. The van der Waals surface area contributed by atoms with Gasteiger partial charge in [0.05, 0.1) is 22.9 Å². The molecule has 14 heavy (non-hydrogen) atoms. The van der Waals surface area contributed by atoms with E-state index in [-0.39, 0.29) is 0 Å². The van der Waals surface area contributed by atoms with Crippen molar-refractivity contribution in [3.63, 3.8) is 0 Å². The number of hydrogen-bond acceptors (Lipinski definition) is 2. The highest BCUT2D eigenvalue weighted by atomic mass is 16.1. The predicted molar refractivity (Wildman–Crippen MR) is 50.1 cm³/mol. The molecule has 0 spiro atoms. The van der Waals surface area contributed by atoms with E-state index in [0.29, 0.717) is 22.4 Å². The van der Waals surface area contributed by atoms with Crippen LogP contribution in [0.4, 0.5) is 5.69 Å². The van der Waals surface area contributed by atoms with Crippen LogP contribution in [0.25, 0.3) is 5.57 Å². The van der Waals surface area contributed by atoms with Crippen LogP contribution in [-0.2, 0) is 4.79 Å². The fourth-order valence-corrected chi connectivity index (χ4v) is 1.41. The van der Waals surface area contributed by atoms with Gasteiger partial charge in [0.2, 0.25) is 0 Å². The summed E-state index contributed by atoms with van der Waals surface area (Å²) < 4.78 is 0. The molecule has 4 heteroatoms. The Kier molecular flexibility index (Phi) is 1.72. The molecule has 1 aliphatic heterocycles. The van der Waals surface area contributed by atoms with E-state index in [4.69, 9.17) is 11.0 Å². The third kappa shape index (κ3) is 1.04. The highest BCUT2D eigenvalue weighted by Gasteiger charge is 2.22. The van der Waals surface area contributed by atoms with Crippen LogP contribution in [0.15, 0.2) is 24.4 Å². The Morgan fingerprint density at radius 3 is 2.93 bits per heavy atom. The fraction of sp³-hybridized carbons (Fsp3) is 0. The van der Waals surface area contributed by atoms with Crippen LogP contribution in [0.2, 0.25) is 0 Å². The normalized spacial score (nSPS) is 12.4. The van der Waals surface area contributed by atoms with Crippen LogP contribution < -0.4 is 11.1 Å². The topological polar surface area (TPSA) is 81.0 Å². The fourth-order valence-electron chi connectivity index (χ4n) is 1.41. The molecule has 2 rings (SSSR count). The van der Waals surface area contributed by atoms with Gasteiger partial charge in [0.25, 0.3) is 5.91 Å². The Hall–Kier alpha value is -2.28. The Bertz CT molecular complexity index is 483. The lowest BCUT2D eigenvalue weighted by Gasteiger charge is -2.01. The molecule has 4 nitrogen and oxygen atoms in total. The third-order valence-corrected chi connectivity index (χ3v) is 2.03. The zero-order valence-electron chi connectivity index (χ0n) is 7.19. The van der Waals surface area contributed by atoms with E-state index in [2.05, 4.69) is 5.32 Å². The van der Waals surface area contributed by atoms with Gasteiger partial charge in [-0.05, 0) is 12.1 Å². The van der Waals surface area contributed by atoms with E-state index < -0.39 is 5.91 Å². The van der Waals surface area contributed by atoms with E-state index in [1.54, 1.807) is 18.2 Å². The number of primary amides is 1. The maximum Gasteiger partial charge on any atom is 0.251 e. The third-order valence-electron chi connectivity index (χ3n) is 2.03. The largest absolute Gasteiger partial charge is 0.366 e. The van der Waals surface area contributed by atoms with Crippen molar-refractivity contribution in [2.75, 3.05) is 0 Å². The molecule has 1 aromatic carbocycles. The first-order chi connectivity index (χ1) is 6.74. The summed E-state index contributed by atoms with van der Waals surface area (Å²) >= 11 is 0. The predicted octanol–water partition coefficient (Wildman–Crippen LogP) is 0.634. The number of nitriles is 1. The summed E-state index contributed by atoms with van der Waals surface area (Å²) in [5, 5.41) is 12.8. The molecule has 0 bridgehead atoms. The van der Waals surface area contributed by atoms with E-state index >= 15 is 0 Å². The van der Waals surface area contributed by atoms with Crippen LogP contribution in [0.5, 0.6) is 0 Å². The van der Waals surface area contributed by atoms with Crippen molar-refractivity contribution in [3.05, 3.63) is 35.5 Å². The molecule has 0 aliphatic carbocycles. The van der Waals surface area contributed by atoms with E-state index in [9.17, 15) is 4.79 Å². The average Bonchev–Trinajstić information content (AvgIpc) is 2.60. The number of carbonyl (C=O) groups is 1. The first kappa shape index (κ1) is 8.32. The molecular weight excluding hydrogens is 178 g/mol. The summed E-state index contributed by atoms with van der Waals surface area (Å²) in [4.78, 5) is 11.0. The smallest absolute Gasteiger partial charge is 0.251 e. The molecule has 1 aliphatic rings. The number of carbonyl (C=O) groups excluding carboxylic acids is 1. The molecular formula is C10H6N3O. The molecule has 0 aromatic heterocycles. The van der Waals surface area contributed by atoms with Crippen molar-refractivity contribution >= 4 is 17.2 Å². The second kappa shape index (κ2) is 2.89. The Balaban J connectivity index is 2.65. The molecule has 0 saturated heterocycles. The van der Waals surface area contributed by atoms with Crippen LogP contribution in [0, 0.1) is 11.3 Å². The van der Waals surface area contributed by atoms with E-state index in [0.717, 1.165) is 0 Å². The molecule has 0 unspecified atom stereocenters. The van der Waals surface area contributed by atoms with Gasteiger partial charge in [-0.2, -0.15) is 5.26 Å². The molecule has 1 aromatic rings. The van der Waals surface area contributed by atoms with Gasteiger partial charge >= 0.3 is 0 Å². The zero-order chi connectivity index (χ0) is 10.1. The standard InChI is InChI=1S/C10H6N3O/c11-4-6-2-1-3-8-9(6)7(5-13-8)10(12)14/h1-3,5H,(H2,12,14). The number of nitrogens with zero attached hydrogens (tertiary/aromatic N) is 2. The SMILES string of the molecule is N#Cc1cccc2c1C(C(N)=O)=C[N]2. The molecule has 1 amide bonds. The summed E-state index contributed by atoms with van der Waals surface area (Å²) in [6.45, 7) is 0. The number of hydrogen-bond donors (Lipinski definition) is 1. The van der Waals surface area contributed by atoms with Crippen LogP contribution in [0.3, 0.4) is 0 Å². The molecule has 67 valence electrons. The second-order valence-corrected chi connectivity index (χ2v) is 2.85. The van der Waals surface area contributed by atoms with Gasteiger partial charge in [-0.3, -0.25) is 10.1 Å². The minimum atomic E-state index is -0.560. The first-order valence-corrected chi connectivity index (χ1v) is 3.98. The molecule has 0 saturated carbocycles. The number of benzene rings is 1. The number of rotatable bonds is 1. The van der Waals surface area contributed by atoms with Crippen LogP contribution in [0.1, 0.15) is 11.1 Å². The molecule has 1 heterocycles. The molecule has 0 atom stereocenters. The van der Waals surface area contributed by atoms with Crippen molar-refractivity contribution in [2.45, 2.75) is 0 Å². The van der Waals surface area contributed by atoms with Gasteiger partial charge < -0.3 is 5.73 Å². The van der Waals surface area contributed by atoms with Gasteiger partial charge in [0.15, 0.2) is 0 Å². The lowest BCUT2D eigenvalue weighted by molar-refractivity contribution is -0.112. The van der Waals surface area contributed by atoms with Gasteiger partial charge in [0.1, 0.15) is 0 Å². The lowest BCUT2D eigenvalue weighted by Crippen LogP contribution is -2.12. The minimum Gasteiger partial charge on any atom is -0.366 e. The maximum atomic E-state index is 11.0. The van der Waals surface area contributed by atoms with Gasteiger partial charge in [-0.25, -0.2) is 0 Å². The van der Waals surface area contributed by atoms with Crippen molar-refractivity contribution in [1.29, 1.82) is 5.26 Å². The second-order valence-electron chi connectivity index (χ2n) is 2.85. The summed E-state index contributed by atoms with van der Waals surface area (Å²) in [7, 11) is 0. The monoisotopic (exact) mass is 184 g/mol. The van der Waals surface area contributed by atoms with E-state index in [1.807, 2.05) is 6.07 Å². The zero-order valence-corrected chi connectivity index (χ0v) is 7.19. The van der Waals surface area contributed by atoms with Gasteiger partial charge in [0, 0.05) is 11.8 Å². The highest BCUT2D eigenvalue weighted by Crippen LogP contribution is 2.32. The van der Waals surface area contributed by atoms with Crippen molar-refractivity contribution < 1.29 is 4.79 Å². The first-order valence-electron chi connectivity index (χ1n) is 3.98. The minimum absolute atomic E-state index is 0.303. The van der Waals surface area contributed by atoms with Gasteiger partial charge in [-0.15, -0.1) is 0 Å². The number of fused-ring (bicyclic) bond motifs is 1. The van der Waals surface area contributed by atoms with Crippen molar-refractivity contribution in [3.8, 4) is 6.07 Å². The van der Waals surface area contributed by atoms with Crippen molar-refractivity contribution in [1.82, 2.24) is 5.32 Å². The number of nitrogens with two attached hydrogens (primary N) is 1. The van der Waals surface area contributed by atoms with Crippen LogP contribution in [-0.4, -0.2) is 5.91 Å². The molecule has 0 fully saturated rings. The summed E-state index contributed by atoms with van der Waals surface area (Å²) in [6, 6.07) is 7.10.